The van der Waals surface area contributed by atoms with Gasteiger partial charge in [0.2, 0.25) is 5.88 Å². The van der Waals surface area contributed by atoms with Gasteiger partial charge in [0.05, 0.1) is 12.2 Å². The lowest BCUT2D eigenvalue weighted by molar-refractivity contribution is 0.194. The number of rotatable bonds is 9. The number of anilines is 1. The predicted molar refractivity (Wildman–Crippen MR) is 114 cm³/mol. The molecular weight excluding hydrogens is 417 g/mol. The van der Waals surface area contributed by atoms with Crippen LogP contribution < -0.4 is 15.4 Å². The van der Waals surface area contributed by atoms with Crippen molar-refractivity contribution >= 4 is 23.0 Å². The summed E-state index contributed by atoms with van der Waals surface area (Å²) in [6.07, 6.45) is 0.640. The maximum atomic E-state index is 14.0. The lowest BCUT2D eigenvalue weighted by atomic mass is 10.2. The molecule has 0 atom stereocenters. The Hall–Kier alpha value is -4.21. The molecule has 0 spiro atoms. The van der Waals surface area contributed by atoms with E-state index in [1.54, 1.807) is 6.07 Å². The van der Waals surface area contributed by atoms with Gasteiger partial charge in [-0.1, -0.05) is 30.3 Å². The van der Waals surface area contributed by atoms with Crippen molar-refractivity contribution in [2.75, 3.05) is 11.9 Å². The fourth-order valence-electron chi connectivity index (χ4n) is 2.98. The second-order valence-electron chi connectivity index (χ2n) is 6.81. The van der Waals surface area contributed by atoms with Crippen LogP contribution in [0.5, 0.6) is 5.88 Å². The monoisotopic (exact) mass is 437 g/mol. The van der Waals surface area contributed by atoms with Crippen LogP contribution in [-0.4, -0.2) is 32.7 Å². The second-order valence-corrected chi connectivity index (χ2v) is 6.81. The molecule has 3 heterocycles. The Kier molecular flexibility index (Phi) is 6.40. The van der Waals surface area contributed by atoms with Crippen LogP contribution in [0.4, 0.5) is 15.0 Å². The van der Waals surface area contributed by atoms with E-state index in [2.05, 4.69) is 25.6 Å². The quantitative estimate of drug-likeness (QED) is 0.362. The van der Waals surface area contributed by atoms with Crippen molar-refractivity contribution in [3.8, 4) is 5.88 Å². The lowest BCUT2D eigenvalue weighted by Gasteiger charge is -2.09. The van der Waals surface area contributed by atoms with Crippen molar-refractivity contribution in [1.29, 1.82) is 0 Å². The highest BCUT2D eigenvalue weighted by atomic mass is 19.1. The molecule has 9 nitrogen and oxygen atoms in total. The summed E-state index contributed by atoms with van der Waals surface area (Å²) >= 11 is 0. The number of halogens is 1. The molecule has 4 rings (SSSR count). The van der Waals surface area contributed by atoms with Crippen molar-refractivity contribution in [3.63, 3.8) is 0 Å². The Bertz CT molecular complexity index is 1220. The highest BCUT2D eigenvalue weighted by Gasteiger charge is 2.15. The normalized spacial score (nSPS) is 10.8. The van der Waals surface area contributed by atoms with Gasteiger partial charge in [-0.05, 0) is 17.7 Å². The number of fused-ring (bicyclic) bond motifs is 1. The van der Waals surface area contributed by atoms with Gasteiger partial charge in [0.25, 0.3) is 0 Å². The summed E-state index contributed by atoms with van der Waals surface area (Å²) in [7, 11) is 0. The first kappa shape index (κ1) is 21.0. The number of carboxylic acid groups (broad SMARTS) is 1. The number of benzene rings is 1. The number of hydrogen-bond donors (Lipinski definition) is 3. The number of ether oxygens (including phenoxy) is 1. The minimum absolute atomic E-state index is 0.0830. The number of aromatic nitrogens is 3. The van der Waals surface area contributed by atoms with Gasteiger partial charge in [-0.15, -0.1) is 0 Å². The highest BCUT2D eigenvalue weighted by Crippen LogP contribution is 2.27. The molecular formula is C22H20FN5O4. The van der Waals surface area contributed by atoms with E-state index >= 15 is 0 Å². The van der Waals surface area contributed by atoms with Gasteiger partial charge in [-0.2, -0.15) is 4.98 Å². The van der Waals surface area contributed by atoms with Crippen molar-refractivity contribution in [1.82, 2.24) is 20.3 Å². The smallest absolute Gasteiger partial charge is 0.404 e. The Morgan fingerprint density at radius 3 is 2.78 bits per heavy atom. The van der Waals surface area contributed by atoms with Crippen LogP contribution in [0.15, 0.2) is 59.1 Å². The Balaban J connectivity index is 1.58. The van der Waals surface area contributed by atoms with E-state index < -0.39 is 11.9 Å². The fraction of sp³-hybridized carbons (Fsp3) is 0.182. The summed E-state index contributed by atoms with van der Waals surface area (Å²) in [6, 6.07) is 14.1. The molecule has 4 aromatic rings. The molecule has 0 unspecified atom stereocenters. The maximum Gasteiger partial charge on any atom is 0.404 e. The maximum absolute atomic E-state index is 14.0. The molecule has 0 saturated heterocycles. The average Bonchev–Trinajstić information content (AvgIpc) is 3.20. The molecule has 0 aliphatic heterocycles. The molecule has 3 N–H and O–H groups in total. The highest BCUT2D eigenvalue weighted by molar-refractivity contribution is 5.85. The van der Waals surface area contributed by atoms with Gasteiger partial charge in [0.1, 0.15) is 12.4 Å². The standard InChI is InChI=1S/C22H20FN5O4/c23-15-7-4-9-24-16(15)12-26-21-20-17(32-18(27-20)8-10-25-22(29)30)11-19(28-21)31-13-14-5-2-1-3-6-14/h1-7,9,11,25H,8,10,12-13H2,(H,26,28)(H,29,30). The van der Waals surface area contributed by atoms with Crippen molar-refractivity contribution in [2.24, 2.45) is 0 Å². The second kappa shape index (κ2) is 9.73. The van der Waals surface area contributed by atoms with E-state index in [9.17, 15) is 9.18 Å². The third-order valence-corrected chi connectivity index (χ3v) is 4.50. The number of hydrogen-bond acceptors (Lipinski definition) is 7. The zero-order valence-electron chi connectivity index (χ0n) is 16.9. The summed E-state index contributed by atoms with van der Waals surface area (Å²) in [4.78, 5) is 23.6. The van der Waals surface area contributed by atoms with E-state index in [4.69, 9.17) is 14.3 Å². The number of nitrogens with zero attached hydrogens (tertiary/aromatic N) is 3. The van der Waals surface area contributed by atoms with Gasteiger partial charge >= 0.3 is 6.09 Å². The minimum Gasteiger partial charge on any atom is -0.473 e. The summed E-state index contributed by atoms with van der Waals surface area (Å²) < 4.78 is 25.6. The van der Waals surface area contributed by atoms with Crippen LogP contribution in [-0.2, 0) is 19.6 Å². The first-order valence-electron chi connectivity index (χ1n) is 9.86. The molecule has 0 aliphatic rings. The van der Waals surface area contributed by atoms with Gasteiger partial charge in [0, 0.05) is 25.2 Å². The van der Waals surface area contributed by atoms with Crippen LogP contribution in [0.2, 0.25) is 0 Å². The first-order valence-corrected chi connectivity index (χ1v) is 9.86. The van der Waals surface area contributed by atoms with E-state index in [0.29, 0.717) is 35.3 Å². The molecule has 0 bridgehead atoms. The summed E-state index contributed by atoms with van der Waals surface area (Å²) in [5, 5.41) is 14.0. The molecule has 0 saturated carbocycles. The van der Waals surface area contributed by atoms with Crippen molar-refractivity contribution in [2.45, 2.75) is 19.6 Å². The molecule has 0 aliphatic carbocycles. The zero-order valence-corrected chi connectivity index (χ0v) is 16.9. The third-order valence-electron chi connectivity index (χ3n) is 4.50. The van der Waals surface area contributed by atoms with E-state index in [-0.39, 0.29) is 25.2 Å². The van der Waals surface area contributed by atoms with Crippen LogP contribution in [0.3, 0.4) is 0 Å². The average molecular weight is 437 g/mol. The van der Waals surface area contributed by atoms with Gasteiger partial charge < -0.3 is 24.9 Å². The molecule has 1 amide bonds. The molecule has 0 radical (unpaired) electrons. The SMILES string of the molecule is O=C(O)NCCc1nc2c(NCc3ncccc3F)nc(OCc3ccccc3)cc2o1. The number of amides is 1. The largest absolute Gasteiger partial charge is 0.473 e. The van der Waals surface area contributed by atoms with Gasteiger partial charge in [0.15, 0.2) is 22.8 Å². The molecule has 0 fully saturated rings. The number of nitrogens with one attached hydrogen (secondary N) is 2. The molecule has 3 aromatic heterocycles. The number of carbonyl (C=O) groups is 1. The lowest BCUT2D eigenvalue weighted by Crippen LogP contribution is -2.23. The third kappa shape index (κ3) is 5.28. The van der Waals surface area contributed by atoms with Crippen LogP contribution in [0.1, 0.15) is 17.1 Å². The summed E-state index contributed by atoms with van der Waals surface area (Å²) in [6.45, 7) is 0.533. The first-order chi connectivity index (χ1) is 15.6. The zero-order chi connectivity index (χ0) is 22.3. The topological polar surface area (TPSA) is 122 Å². The number of oxazole rings is 1. The molecule has 10 heteroatoms. The molecule has 32 heavy (non-hydrogen) atoms. The molecule has 1 aromatic carbocycles. The van der Waals surface area contributed by atoms with E-state index in [1.165, 1.54) is 18.3 Å². The van der Waals surface area contributed by atoms with Crippen LogP contribution >= 0.6 is 0 Å². The van der Waals surface area contributed by atoms with E-state index in [1.807, 2.05) is 30.3 Å². The Labute approximate surface area is 182 Å². The predicted octanol–water partition coefficient (Wildman–Crippen LogP) is 3.76. The van der Waals surface area contributed by atoms with E-state index in [0.717, 1.165) is 5.56 Å². The van der Waals surface area contributed by atoms with Crippen molar-refractivity contribution < 1.29 is 23.4 Å². The Morgan fingerprint density at radius 2 is 2.00 bits per heavy atom. The Morgan fingerprint density at radius 1 is 1.16 bits per heavy atom. The van der Waals surface area contributed by atoms with Crippen LogP contribution in [0, 0.1) is 5.82 Å². The minimum atomic E-state index is -1.13. The van der Waals surface area contributed by atoms with Gasteiger partial charge in [-0.3, -0.25) is 4.98 Å². The summed E-state index contributed by atoms with van der Waals surface area (Å²) in [5.74, 6) is 0.546. The number of pyridine rings is 2. The fourth-order valence-corrected chi connectivity index (χ4v) is 2.98. The van der Waals surface area contributed by atoms with Gasteiger partial charge in [-0.25, -0.2) is 14.2 Å². The summed E-state index contributed by atoms with van der Waals surface area (Å²) in [5.41, 5.74) is 2.04. The molecule has 164 valence electrons. The van der Waals surface area contributed by atoms with Crippen LogP contribution in [0.25, 0.3) is 11.1 Å². The van der Waals surface area contributed by atoms with Crippen molar-refractivity contribution in [3.05, 3.63) is 77.7 Å².